The summed E-state index contributed by atoms with van der Waals surface area (Å²) in [5.41, 5.74) is 12.3. The number of fused-ring (bicyclic) bond motifs is 10. The van der Waals surface area contributed by atoms with Gasteiger partial charge in [0.05, 0.1) is 0 Å². The number of nitrogens with zero attached hydrogens (tertiary/aromatic N) is 4. The third-order valence-electron chi connectivity index (χ3n) is 13.2. The van der Waals surface area contributed by atoms with Crippen LogP contribution in [0.2, 0.25) is 0 Å². The van der Waals surface area contributed by atoms with Gasteiger partial charge in [-0.1, -0.05) is 30.3 Å². The minimum absolute atomic E-state index is 0.725. The summed E-state index contributed by atoms with van der Waals surface area (Å²) in [6.45, 7) is 0. The van der Waals surface area contributed by atoms with Crippen LogP contribution in [0.1, 0.15) is 0 Å². The van der Waals surface area contributed by atoms with Crippen molar-refractivity contribution in [1.29, 1.82) is 0 Å². The number of benzene rings is 9. The molecule has 0 unspecified atom stereocenters. The summed E-state index contributed by atoms with van der Waals surface area (Å²) in [5, 5.41) is 4.89. The molecule has 0 bridgehead atoms. The zero-order valence-corrected chi connectivity index (χ0v) is 36.3. The van der Waals surface area contributed by atoms with Gasteiger partial charge in [0.2, 0.25) is 0 Å². The van der Waals surface area contributed by atoms with Crippen molar-refractivity contribution >= 4 is 74.6 Å². The van der Waals surface area contributed by atoms with Gasteiger partial charge < -0.3 is 0 Å². The van der Waals surface area contributed by atoms with Crippen LogP contribution in [-0.2, 0) is 0 Å². The van der Waals surface area contributed by atoms with Crippen molar-refractivity contribution in [1.82, 2.24) is 19.1 Å². The van der Waals surface area contributed by atoms with Crippen LogP contribution in [0.5, 0.6) is 0 Å². The van der Waals surface area contributed by atoms with Crippen molar-refractivity contribution in [3.05, 3.63) is 231 Å². The minimum atomic E-state index is -3.77. The van der Waals surface area contributed by atoms with Gasteiger partial charge >= 0.3 is 339 Å². The standard InChI is InChI=1S/C58H38GeN4/c1-5-21-39(22-6-1)55-54-45-30-13-17-33-48(45)59(40-23-7-2-8-24-40,41-25-9-3-10-26-41)57(54)61-58(60-55)47-32-16-20-36-51(47)63-50-35-19-15-31-46(50)53-52(63)38-37-44-43-29-14-18-34-49(43)62(56(44)53)42-27-11-4-12-28-42/h1-38H. The van der Waals surface area contributed by atoms with Gasteiger partial charge in [-0.15, -0.1) is 0 Å². The van der Waals surface area contributed by atoms with Gasteiger partial charge in [-0.2, -0.15) is 0 Å². The van der Waals surface area contributed by atoms with E-state index < -0.39 is 13.3 Å². The molecule has 1 aliphatic heterocycles. The van der Waals surface area contributed by atoms with Crippen molar-refractivity contribution in [3.63, 3.8) is 0 Å². The molecule has 63 heavy (non-hydrogen) atoms. The van der Waals surface area contributed by atoms with Crippen LogP contribution in [0.25, 0.3) is 88.8 Å². The molecule has 4 heterocycles. The monoisotopic (exact) mass is 864 g/mol. The Morgan fingerprint density at radius 3 is 1.65 bits per heavy atom. The zero-order chi connectivity index (χ0) is 41.5. The predicted octanol–water partition coefficient (Wildman–Crippen LogP) is 11.4. The quantitative estimate of drug-likeness (QED) is 0.156. The van der Waals surface area contributed by atoms with Gasteiger partial charge in [-0.3, -0.25) is 0 Å². The van der Waals surface area contributed by atoms with Crippen LogP contribution in [0, 0.1) is 0 Å². The second-order valence-corrected chi connectivity index (χ2v) is 24.1. The second-order valence-electron chi connectivity index (χ2n) is 16.4. The van der Waals surface area contributed by atoms with E-state index in [1.807, 2.05) is 0 Å². The Labute approximate surface area is 367 Å². The molecule has 0 aliphatic carbocycles. The van der Waals surface area contributed by atoms with Crippen LogP contribution in [-0.4, -0.2) is 32.4 Å². The molecule has 3 aromatic heterocycles. The van der Waals surface area contributed by atoms with E-state index in [4.69, 9.17) is 9.97 Å². The van der Waals surface area contributed by atoms with Crippen molar-refractivity contribution in [2.45, 2.75) is 0 Å². The Kier molecular flexibility index (Phi) is 8.05. The number of hydrogen-bond donors (Lipinski definition) is 0. The van der Waals surface area contributed by atoms with E-state index in [0.717, 1.165) is 50.6 Å². The van der Waals surface area contributed by atoms with Crippen molar-refractivity contribution in [2.24, 2.45) is 0 Å². The van der Waals surface area contributed by atoms with Crippen LogP contribution in [0.15, 0.2) is 231 Å². The van der Waals surface area contributed by atoms with Gasteiger partial charge in [-0.25, -0.2) is 0 Å². The fourth-order valence-corrected chi connectivity index (χ4v) is 21.2. The molecule has 5 heteroatoms. The summed E-state index contributed by atoms with van der Waals surface area (Å²) in [7, 11) is 0. The maximum absolute atomic E-state index is 5.95. The SMILES string of the molecule is c1ccc(-c2nc(-c3ccccc3-n3c4ccccc4c4c3ccc3c5ccccc5n(-c5ccccc5)c34)n[c]3c2-c2cccc[c]2[Ge]3([c]2ccccc2)[c]2ccccc2)cc1. The van der Waals surface area contributed by atoms with Gasteiger partial charge in [-0.05, 0) is 0 Å². The molecule has 4 nitrogen and oxygen atoms in total. The molecule has 0 radical (unpaired) electrons. The molecule has 12 aromatic rings. The van der Waals surface area contributed by atoms with Crippen LogP contribution in [0.3, 0.4) is 0 Å². The van der Waals surface area contributed by atoms with Gasteiger partial charge in [0.25, 0.3) is 0 Å². The Morgan fingerprint density at radius 2 is 0.937 bits per heavy atom. The maximum atomic E-state index is 5.95. The van der Waals surface area contributed by atoms with Crippen LogP contribution < -0.4 is 17.7 Å². The molecule has 0 N–H and O–H groups in total. The molecule has 0 saturated heterocycles. The fraction of sp³-hybridized carbons (Fsp3) is 0. The first-order valence-corrected chi connectivity index (χ1v) is 25.8. The number of rotatable bonds is 6. The summed E-state index contributed by atoms with van der Waals surface area (Å²) in [4.78, 5) is 11.7. The molecular weight excluding hydrogens is 825 g/mol. The molecule has 0 saturated carbocycles. The summed E-state index contributed by atoms with van der Waals surface area (Å²) in [6, 6.07) is 83.9. The van der Waals surface area contributed by atoms with Crippen LogP contribution in [0.4, 0.5) is 0 Å². The van der Waals surface area contributed by atoms with E-state index in [1.165, 1.54) is 55.9 Å². The van der Waals surface area contributed by atoms with E-state index in [0.29, 0.717) is 0 Å². The summed E-state index contributed by atoms with van der Waals surface area (Å²) < 4.78 is 10.2. The topological polar surface area (TPSA) is 35.6 Å². The third kappa shape index (κ3) is 5.16. The van der Waals surface area contributed by atoms with E-state index in [2.05, 4.69) is 240 Å². The molecule has 0 fully saturated rings. The molecule has 0 atom stereocenters. The average Bonchev–Trinajstić information content (AvgIpc) is 3.99. The molecule has 0 spiro atoms. The van der Waals surface area contributed by atoms with E-state index in [9.17, 15) is 0 Å². The first kappa shape index (κ1) is 35.9. The van der Waals surface area contributed by atoms with Crippen molar-refractivity contribution < 1.29 is 0 Å². The van der Waals surface area contributed by atoms with Gasteiger partial charge in [0.15, 0.2) is 0 Å². The molecule has 1 aliphatic rings. The van der Waals surface area contributed by atoms with Gasteiger partial charge in [0.1, 0.15) is 0 Å². The first-order chi connectivity index (χ1) is 31.3. The normalized spacial score (nSPS) is 12.9. The predicted molar refractivity (Wildman–Crippen MR) is 264 cm³/mol. The zero-order valence-electron chi connectivity index (χ0n) is 34.2. The number of aromatic nitrogens is 4. The molecule has 9 aromatic carbocycles. The third-order valence-corrected chi connectivity index (χ3v) is 23.1. The number of para-hydroxylation sites is 4. The van der Waals surface area contributed by atoms with Crippen molar-refractivity contribution in [2.75, 3.05) is 0 Å². The average molecular weight is 864 g/mol. The Hall–Kier alpha value is -7.80. The second kappa shape index (κ2) is 14.1. The summed E-state index contributed by atoms with van der Waals surface area (Å²) in [6.07, 6.45) is 0. The molecule has 0 amide bonds. The summed E-state index contributed by atoms with van der Waals surface area (Å²) in [5.74, 6) is 0.725. The molecule has 294 valence electrons. The van der Waals surface area contributed by atoms with E-state index >= 15 is 0 Å². The Bertz CT molecular complexity index is 3690. The van der Waals surface area contributed by atoms with Crippen molar-refractivity contribution in [3.8, 4) is 45.1 Å². The van der Waals surface area contributed by atoms with E-state index in [1.54, 1.807) is 0 Å². The van der Waals surface area contributed by atoms with Crippen LogP contribution >= 0.6 is 0 Å². The first-order valence-electron chi connectivity index (χ1n) is 21.6. The number of hydrogen-bond acceptors (Lipinski definition) is 2. The summed E-state index contributed by atoms with van der Waals surface area (Å²) >= 11 is -3.77. The Morgan fingerprint density at radius 1 is 0.381 bits per heavy atom. The van der Waals surface area contributed by atoms with E-state index in [-0.39, 0.29) is 0 Å². The fourth-order valence-electron chi connectivity index (χ4n) is 10.7. The molecule has 13 rings (SSSR count). The molecular formula is C58H38GeN4. The Balaban J connectivity index is 1.15. The van der Waals surface area contributed by atoms with Gasteiger partial charge in [0, 0.05) is 0 Å².